The number of hydrogen-bond donors (Lipinski definition) is 2. The van der Waals surface area contributed by atoms with Crippen LogP contribution in [0.3, 0.4) is 0 Å². The standard InChI is InChI=1S/C27H26N6O6S/c1-3-39-23-14-10-20(11-15-23)32-24(16-28-26(35)18-4-8-21(9-5-18)33(36)37)30-31-27(32)40-17-25(34)29-19-6-12-22(38-2)13-7-19/h4-15H,3,16-17H2,1-2H3,(H,28,35)(H,29,34). The summed E-state index contributed by atoms with van der Waals surface area (Å²) in [5, 5.41) is 25.4. The van der Waals surface area contributed by atoms with E-state index in [9.17, 15) is 19.7 Å². The molecule has 0 saturated heterocycles. The first-order valence-electron chi connectivity index (χ1n) is 12.1. The Hall–Kier alpha value is -4.91. The fourth-order valence-electron chi connectivity index (χ4n) is 3.62. The number of nitro groups is 1. The molecule has 4 aromatic rings. The molecule has 4 rings (SSSR count). The number of non-ortho nitro benzene ring substituents is 1. The number of anilines is 1. The monoisotopic (exact) mass is 562 g/mol. The lowest BCUT2D eigenvalue weighted by molar-refractivity contribution is -0.384. The Balaban J connectivity index is 1.49. The summed E-state index contributed by atoms with van der Waals surface area (Å²) < 4.78 is 12.4. The minimum absolute atomic E-state index is 0.0225. The van der Waals surface area contributed by atoms with Crippen molar-refractivity contribution in [3.8, 4) is 17.2 Å². The summed E-state index contributed by atoms with van der Waals surface area (Å²) in [5.74, 6) is 1.21. The highest BCUT2D eigenvalue weighted by Gasteiger charge is 2.18. The van der Waals surface area contributed by atoms with Gasteiger partial charge in [-0.15, -0.1) is 10.2 Å². The van der Waals surface area contributed by atoms with Gasteiger partial charge in [0.05, 0.1) is 30.9 Å². The molecule has 1 aromatic heterocycles. The summed E-state index contributed by atoms with van der Waals surface area (Å²) in [4.78, 5) is 35.6. The number of hydrogen-bond acceptors (Lipinski definition) is 9. The van der Waals surface area contributed by atoms with Gasteiger partial charge in [0.2, 0.25) is 5.91 Å². The molecule has 13 heteroatoms. The Morgan fingerprint density at radius 3 is 2.27 bits per heavy atom. The van der Waals surface area contributed by atoms with E-state index in [4.69, 9.17) is 9.47 Å². The number of thioether (sulfide) groups is 1. The quantitative estimate of drug-likeness (QED) is 0.147. The first-order valence-corrected chi connectivity index (χ1v) is 13.1. The van der Waals surface area contributed by atoms with Crippen molar-refractivity contribution in [2.45, 2.75) is 18.6 Å². The van der Waals surface area contributed by atoms with E-state index in [0.717, 1.165) is 0 Å². The summed E-state index contributed by atoms with van der Waals surface area (Å²) in [6.07, 6.45) is 0. The predicted molar refractivity (Wildman–Crippen MR) is 149 cm³/mol. The molecule has 0 radical (unpaired) electrons. The molecule has 0 saturated carbocycles. The Morgan fingerprint density at radius 1 is 0.975 bits per heavy atom. The highest BCUT2D eigenvalue weighted by molar-refractivity contribution is 7.99. The second-order valence-electron chi connectivity index (χ2n) is 8.21. The lowest BCUT2D eigenvalue weighted by atomic mass is 10.2. The first kappa shape index (κ1) is 28.1. The maximum absolute atomic E-state index is 12.7. The number of carbonyl (C=O) groups is 2. The minimum Gasteiger partial charge on any atom is -0.497 e. The molecule has 2 N–H and O–H groups in total. The van der Waals surface area contributed by atoms with Gasteiger partial charge in [0, 0.05) is 29.1 Å². The van der Waals surface area contributed by atoms with E-state index < -0.39 is 10.8 Å². The molecular formula is C27H26N6O6S. The van der Waals surface area contributed by atoms with Crippen molar-refractivity contribution in [2.75, 3.05) is 24.8 Å². The second-order valence-corrected chi connectivity index (χ2v) is 9.16. The van der Waals surface area contributed by atoms with E-state index in [1.54, 1.807) is 35.9 Å². The largest absolute Gasteiger partial charge is 0.497 e. The third kappa shape index (κ3) is 7.14. The molecule has 0 unspecified atom stereocenters. The van der Waals surface area contributed by atoms with Crippen molar-refractivity contribution < 1.29 is 24.0 Å². The molecule has 0 spiro atoms. The molecule has 2 amide bonds. The highest BCUT2D eigenvalue weighted by Crippen LogP contribution is 2.25. The third-order valence-electron chi connectivity index (χ3n) is 5.56. The average molecular weight is 563 g/mol. The summed E-state index contributed by atoms with van der Waals surface area (Å²) >= 11 is 1.19. The van der Waals surface area contributed by atoms with E-state index in [1.807, 2.05) is 31.2 Å². The average Bonchev–Trinajstić information content (AvgIpc) is 3.38. The third-order valence-corrected chi connectivity index (χ3v) is 6.49. The van der Waals surface area contributed by atoms with E-state index in [1.165, 1.54) is 36.0 Å². The number of nitrogens with zero attached hydrogens (tertiary/aromatic N) is 4. The van der Waals surface area contributed by atoms with Gasteiger partial charge in [0.15, 0.2) is 11.0 Å². The number of nitrogens with one attached hydrogen (secondary N) is 2. The van der Waals surface area contributed by atoms with Crippen LogP contribution in [0.25, 0.3) is 5.69 Å². The normalized spacial score (nSPS) is 10.6. The molecule has 0 bridgehead atoms. The fraction of sp³-hybridized carbons (Fsp3) is 0.185. The minimum atomic E-state index is -0.530. The van der Waals surface area contributed by atoms with Gasteiger partial charge in [-0.25, -0.2) is 0 Å². The van der Waals surface area contributed by atoms with Crippen LogP contribution in [-0.4, -0.2) is 51.0 Å². The summed E-state index contributed by atoms with van der Waals surface area (Å²) in [5.41, 5.74) is 1.51. The molecule has 3 aromatic carbocycles. The molecule has 0 atom stereocenters. The molecule has 1 heterocycles. The van der Waals surface area contributed by atoms with Gasteiger partial charge in [0.1, 0.15) is 11.5 Å². The van der Waals surface area contributed by atoms with Crippen LogP contribution in [0.15, 0.2) is 78.0 Å². The van der Waals surface area contributed by atoms with Gasteiger partial charge in [0.25, 0.3) is 11.6 Å². The lowest BCUT2D eigenvalue weighted by Gasteiger charge is -2.12. The van der Waals surface area contributed by atoms with Crippen LogP contribution >= 0.6 is 11.8 Å². The van der Waals surface area contributed by atoms with Gasteiger partial charge in [-0.05, 0) is 67.6 Å². The summed E-state index contributed by atoms with van der Waals surface area (Å²) in [6, 6.07) is 19.6. The number of benzene rings is 3. The van der Waals surface area contributed by atoms with Crippen LogP contribution in [-0.2, 0) is 11.3 Å². The Labute approximate surface area is 233 Å². The SMILES string of the molecule is CCOc1ccc(-n2c(CNC(=O)c3ccc([N+](=O)[O-])cc3)nnc2SCC(=O)Nc2ccc(OC)cc2)cc1. The fourth-order valence-corrected chi connectivity index (χ4v) is 4.39. The number of rotatable bonds is 12. The smallest absolute Gasteiger partial charge is 0.269 e. The Morgan fingerprint density at radius 2 is 1.65 bits per heavy atom. The van der Waals surface area contributed by atoms with Crippen LogP contribution in [0.2, 0.25) is 0 Å². The number of carbonyl (C=O) groups excluding carboxylic acids is 2. The second kappa shape index (κ2) is 13.2. The van der Waals surface area contributed by atoms with Gasteiger partial charge in [-0.3, -0.25) is 24.3 Å². The Bertz CT molecular complexity index is 1470. The number of nitro benzene ring substituents is 1. The van der Waals surface area contributed by atoms with Crippen LogP contribution < -0.4 is 20.1 Å². The van der Waals surface area contributed by atoms with Gasteiger partial charge >= 0.3 is 0 Å². The van der Waals surface area contributed by atoms with Crippen molar-refractivity contribution in [3.63, 3.8) is 0 Å². The van der Waals surface area contributed by atoms with Crippen LogP contribution in [0, 0.1) is 10.1 Å². The molecule has 40 heavy (non-hydrogen) atoms. The maximum Gasteiger partial charge on any atom is 0.269 e. The lowest BCUT2D eigenvalue weighted by Crippen LogP contribution is -2.24. The molecular weight excluding hydrogens is 536 g/mol. The van der Waals surface area contributed by atoms with E-state index in [-0.39, 0.29) is 29.5 Å². The zero-order valence-corrected chi connectivity index (χ0v) is 22.5. The highest BCUT2D eigenvalue weighted by atomic mass is 32.2. The molecule has 206 valence electrons. The van der Waals surface area contributed by atoms with Crippen LogP contribution in [0.5, 0.6) is 11.5 Å². The molecule has 0 aliphatic carbocycles. The van der Waals surface area contributed by atoms with Crippen molar-refractivity contribution in [1.29, 1.82) is 0 Å². The number of methoxy groups -OCH3 is 1. The van der Waals surface area contributed by atoms with Gasteiger partial charge < -0.3 is 20.1 Å². The van der Waals surface area contributed by atoms with Crippen LogP contribution in [0.1, 0.15) is 23.1 Å². The zero-order valence-electron chi connectivity index (χ0n) is 21.7. The van der Waals surface area contributed by atoms with Crippen molar-refractivity contribution in [3.05, 3.63) is 94.3 Å². The van der Waals surface area contributed by atoms with Crippen molar-refractivity contribution in [1.82, 2.24) is 20.1 Å². The first-order chi connectivity index (χ1) is 19.4. The van der Waals surface area contributed by atoms with E-state index in [2.05, 4.69) is 20.8 Å². The Kier molecular flexibility index (Phi) is 9.31. The summed E-state index contributed by atoms with van der Waals surface area (Å²) in [6.45, 7) is 2.44. The number of ether oxygens (including phenoxy) is 2. The van der Waals surface area contributed by atoms with Crippen molar-refractivity contribution in [2.24, 2.45) is 0 Å². The van der Waals surface area contributed by atoms with Gasteiger partial charge in [-0.2, -0.15) is 0 Å². The van der Waals surface area contributed by atoms with Gasteiger partial charge in [-0.1, -0.05) is 11.8 Å². The molecule has 0 aliphatic heterocycles. The molecule has 12 nitrogen and oxygen atoms in total. The van der Waals surface area contributed by atoms with E-state index in [0.29, 0.717) is 40.5 Å². The van der Waals surface area contributed by atoms with Crippen LogP contribution in [0.4, 0.5) is 11.4 Å². The predicted octanol–water partition coefficient (Wildman–Crippen LogP) is 4.24. The van der Waals surface area contributed by atoms with E-state index >= 15 is 0 Å². The number of amides is 2. The maximum atomic E-state index is 12.7. The topological polar surface area (TPSA) is 151 Å². The molecule has 0 aliphatic rings. The summed E-state index contributed by atoms with van der Waals surface area (Å²) in [7, 11) is 1.57. The number of aromatic nitrogens is 3. The van der Waals surface area contributed by atoms with Crippen molar-refractivity contribution >= 4 is 35.0 Å². The zero-order chi connectivity index (χ0) is 28.5. The molecule has 0 fully saturated rings.